The smallest absolute Gasteiger partial charge is 0.257 e. The van der Waals surface area contributed by atoms with Gasteiger partial charge in [-0.1, -0.05) is 18.7 Å². The molecular formula is C18H23N3O2. The Morgan fingerprint density at radius 1 is 1.39 bits per heavy atom. The molecule has 5 nitrogen and oxygen atoms in total. The third kappa shape index (κ3) is 4.22. The Morgan fingerprint density at radius 3 is 2.83 bits per heavy atom. The molecule has 5 heteroatoms. The van der Waals surface area contributed by atoms with Crippen molar-refractivity contribution in [3.63, 3.8) is 0 Å². The summed E-state index contributed by atoms with van der Waals surface area (Å²) in [6.45, 7) is 9.44. The first-order valence-electron chi connectivity index (χ1n) is 7.64. The van der Waals surface area contributed by atoms with Gasteiger partial charge in [-0.05, 0) is 31.6 Å². The van der Waals surface area contributed by atoms with Crippen molar-refractivity contribution < 1.29 is 9.53 Å². The van der Waals surface area contributed by atoms with E-state index in [0.29, 0.717) is 24.5 Å². The van der Waals surface area contributed by atoms with Crippen LogP contribution in [0.15, 0.2) is 48.8 Å². The van der Waals surface area contributed by atoms with E-state index in [1.165, 1.54) is 0 Å². The summed E-state index contributed by atoms with van der Waals surface area (Å²) in [6, 6.07) is 7.27. The standard InChI is InChI=1S/C18H23N3O2/c1-5-21-11-10-19-17(21)12-20(4)18(22)15-8-6-7-9-16(15)23-13-14(2)3/h6-11H,2,5,12-13H2,1,3-4H3. The lowest BCUT2D eigenvalue weighted by molar-refractivity contribution is 0.0776. The zero-order valence-corrected chi connectivity index (χ0v) is 14.0. The molecule has 23 heavy (non-hydrogen) atoms. The summed E-state index contributed by atoms with van der Waals surface area (Å²) in [7, 11) is 1.77. The van der Waals surface area contributed by atoms with Crippen LogP contribution >= 0.6 is 0 Å². The predicted octanol–water partition coefficient (Wildman–Crippen LogP) is 3.13. The molecule has 0 saturated heterocycles. The molecule has 0 atom stereocenters. The first kappa shape index (κ1) is 16.8. The van der Waals surface area contributed by atoms with Gasteiger partial charge < -0.3 is 14.2 Å². The van der Waals surface area contributed by atoms with E-state index in [0.717, 1.165) is 17.9 Å². The molecule has 122 valence electrons. The molecule has 2 aromatic rings. The molecule has 0 saturated carbocycles. The van der Waals surface area contributed by atoms with Crippen LogP contribution in [0.2, 0.25) is 0 Å². The van der Waals surface area contributed by atoms with Crippen LogP contribution in [-0.2, 0) is 13.1 Å². The van der Waals surface area contributed by atoms with Crippen molar-refractivity contribution in [3.05, 3.63) is 60.2 Å². The molecule has 0 aliphatic heterocycles. The average Bonchev–Trinajstić information content (AvgIpc) is 2.99. The summed E-state index contributed by atoms with van der Waals surface area (Å²) in [5.74, 6) is 1.35. The molecule has 0 aliphatic carbocycles. The Kier molecular flexibility index (Phi) is 5.57. The maximum absolute atomic E-state index is 12.7. The zero-order valence-electron chi connectivity index (χ0n) is 14.0. The molecule has 0 aliphatic rings. The zero-order chi connectivity index (χ0) is 16.8. The Balaban J connectivity index is 2.14. The predicted molar refractivity (Wildman–Crippen MR) is 90.4 cm³/mol. The van der Waals surface area contributed by atoms with Gasteiger partial charge in [0.25, 0.3) is 5.91 Å². The second kappa shape index (κ2) is 7.63. The molecule has 2 rings (SSSR count). The van der Waals surface area contributed by atoms with E-state index in [-0.39, 0.29) is 5.91 Å². The average molecular weight is 313 g/mol. The Morgan fingerprint density at radius 2 is 2.13 bits per heavy atom. The number of para-hydroxylation sites is 1. The second-order valence-corrected chi connectivity index (χ2v) is 5.53. The van der Waals surface area contributed by atoms with Crippen molar-refractivity contribution in [2.75, 3.05) is 13.7 Å². The lowest BCUT2D eigenvalue weighted by atomic mass is 10.1. The van der Waals surface area contributed by atoms with Gasteiger partial charge in [0.2, 0.25) is 0 Å². The molecule has 0 unspecified atom stereocenters. The van der Waals surface area contributed by atoms with Crippen LogP contribution < -0.4 is 4.74 Å². The third-order valence-electron chi connectivity index (χ3n) is 3.46. The fourth-order valence-electron chi connectivity index (χ4n) is 2.24. The highest BCUT2D eigenvalue weighted by Crippen LogP contribution is 2.20. The minimum Gasteiger partial charge on any atom is -0.488 e. The van der Waals surface area contributed by atoms with E-state index in [2.05, 4.69) is 11.6 Å². The van der Waals surface area contributed by atoms with Gasteiger partial charge in [0.15, 0.2) is 0 Å². The lowest BCUT2D eigenvalue weighted by Crippen LogP contribution is -2.28. The molecule has 0 bridgehead atoms. The van der Waals surface area contributed by atoms with Gasteiger partial charge in [-0.25, -0.2) is 4.98 Å². The number of ether oxygens (including phenoxy) is 1. The van der Waals surface area contributed by atoms with Crippen molar-refractivity contribution in [2.24, 2.45) is 0 Å². The second-order valence-electron chi connectivity index (χ2n) is 5.53. The van der Waals surface area contributed by atoms with Crippen LogP contribution in [0.4, 0.5) is 0 Å². The molecule has 0 N–H and O–H groups in total. The number of carbonyl (C=O) groups excluding carboxylic acids is 1. The first-order valence-corrected chi connectivity index (χ1v) is 7.64. The quantitative estimate of drug-likeness (QED) is 0.738. The van der Waals surface area contributed by atoms with Gasteiger partial charge in [-0.2, -0.15) is 0 Å². The SMILES string of the molecule is C=C(C)COc1ccccc1C(=O)N(C)Cc1nccn1CC. The summed E-state index contributed by atoms with van der Waals surface area (Å²) in [4.78, 5) is 18.7. The molecule has 0 spiro atoms. The van der Waals surface area contributed by atoms with Gasteiger partial charge >= 0.3 is 0 Å². The molecule has 1 amide bonds. The van der Waals surface area contributed by atoms with Gasteiger partial charge in [0, 0.05) is 26.0 Å². The maximum atomic E-state index is 12.7. The van der Waals surface area contributed by atoms with Crippen LogP contribution in [0.25, 0.3) is 0 Å². The van der Waals surface area contributed by atoms with Crippen LogP contribution in [0.3, 0.4) is 0 Å². The van der Waals surface area contributed by atoms with Gasteiger partial charge in [-0.3, -0.25) is 4.79 Å². The lowest BCUT2D eigenvalue weighted by Gasteiger charge is -2.19. The van der Waals surface area contributed by atoms with E-state index >= 15 is 0 Å². The number of aryl methyl sites for hydroxylation is 1. The van der Waals surface area contributed by atoms with E-state index in [1.807, 2.05) is 36.7 Å². The minimum atomic E-state index is -0.0898. The Hall–Kier alpha value is -2.56. The van der Waals surface area contributed by atoms with Crippen molar-refractivity contribution >= 4 is 5.91 Å². The van der Waals surface area contributed by atoms with Crippen molar-refractivity contribution in [2.45, 2.75) is 26.9 Å². The largest absolute Gasteiger partial charge is 0.488 e. The molecule has 1 aromatic carbocycles. The Bertz CT molecular complexity index is 691. The molecular weight excluding hydrogens is 290 g/mol. The third-order valence-corrected chi connectivity index (χ3v) is 3.46. The number of carbonyl (C=O) groups is 1. The van der Waals surface area contributed by atoms with Crippen molar-refractivity contribution in [3.8, 4) is 5.75 Å². The molecule has 0 radical (unpaired) electrons. The van der Waals surface area contributed by atoms with E-state index < -0.39 is 0 Å². The van der Waals surface area contributed by atoms with Crippen LogP contribution in [-0.4, -0.2) is 34.0 Å². The van der Waals surface area contributed by atoms with Crippen LogP contribution in [0.1, 0.15) is 30.0 Å². The molecule has 0 fully saturated rings. The monoisotopic (exact) mass is 313 g/mol. The number of hydrogen-bond acceptors (Lipinski definition) is 3. The Labute approximate surface area is 137 Å². The number of amides is 1. The summed E-state index contributed by atoms with van der Waals surface area (Å²) in [5, 5.41) is 0. The van der Waals surface area contributed by atoms with Crippen molar-refractivity contribution in [1.82, 2.24) is 14.5 Å². The van der Waals surface area contributed by atoms with Gasteiger partial charge in [0.05, 0.1) is 12.1 Å². The summed E-state index contributed by atoms with van der Waals surface area (Å²) < 4.78 is 7.70. The normalized spacial score (nSPS) is 10.4. The first-order chi connectivity index (χ1) is 11.0. The van der Waals surface area contributed by atoms with Gasteiger partial charge in [-0.15, -0.1) is 0 Å². The number of rotatable bonds is 7. The number of aromatic nitrogens is 2. The topological polar surface area (TPSA) is 47.4 Å². The minimum absolute atomic E-state index is 0.0898. The number of imidazole rings is 1. The van der Waals surface area contributed by atoms with E-state index in [4.69, 9.17) is 4.74 Å². The highest BCUT2D eigenvalue weighted by Gasteiger charge is 2.18. The van der Waals surface area contributed by atoms with Crippen LogP contribution in [0.5, 0.6) is 5.75 Å². The number of benzene rings is 1. The van der Waals surface area contributed by atoms with Crippen molar-refractivity contribution in [1.29, 1.82) is 0 Å². The number of nitrogens with zero attached hydrogens (tertiary/aromatic N) is 3. The fraction of sp³-hybridized carbons (Fsp3) is 0.333. The summed E-state index contributed by atoms with van der Waals surface area (Å²) >= 11 is 0. The summed E-state index contributed by atoms with van der Waals surface area (Å²) in [6.07, 6.45) is 3.67. The van der Waals surface area contributed by atoms with Gasteiger partial charge in [0.1, 0.15) is 18.2 Å². The fourth-order valence-corrected chi connectivity index (χ4v) is 2.24. The summed E-state index contributed by atoms with van der Waals surface area (Å²) in [5.41, 5.74) is 1.46. The van der Waals surface area contributed by atoms with Crippen LogP contribution in [0, 0.1) is 0 Å². The van der Waals surface area contributed by atoms with E-state index in [9.17, 15) is 4.79 Å². The highest BCUT2D eigenvalue weighted by molar-refractivity contribution is 5.96. The number of hydrogen-bond donors (Lipinski definition) is 0. The van der Waals surface area contributed by atoms with E-state index in [1.54, 1.807) is 30.3 Å². The maximum Gasteiger partial charge on any atom is 0.257 e. The molecule has 1 aromatic heterocycles. The highest BCUT2D eigenvalue weighted by atomic mass is 16.5. The molecule has 1 heterocycles.